The maximum absolute atomic E-state index is 2.46. The molecule has 0 saturated heterocycles. The van der Waals surface area contributed by atoms with Crippen LogP contribution in [-0.2, 0) is 0 Å². The highest BCUT2D eigenvalue weighted by Crippen LogP contribution is 2.61. The standard InChI is InChI=1S/C38H62/c1-3-4-5-6-10-20-27-35-36-28-21-14-7-11-17-24-32-31(2)33-25-18-12-8-15-22-29-37(35)38(36)30-23-16-9-13-19-26-34(32)33/h3-30H2,1-2H3. The van der Waals surface area contributed by atoms with Crippen LogP contribution < -0.4 is 0 Å². The van der Waals surface area contributed by atoms with Gasteiger partial charge in [0.1, 0.15) is 0 Å². The number of hydrogen-bond acceptors (Lipinski definition) is 0. The van der Waals surface area contributed by atoms with E-state index in [0.717, 1.165) is 0 Å². The van der Waals surface area contributed by atoms with Crippen molar-refractivity contribution in [2.45, 2.75) is 194 Å². The van der Waals surface area contributed by atoms with Crippen molar-refractivity contribution >= 4 is 0 Å². The number of rotatable bonds is 7. The summed E-state index contributed by atoms with van der Waals surface area (Å²) in [6.07, 6.45) is 39.9. The minimum Gasteiger partial charge on any atom is -0.0654 e. The minimum absolute atomic E-state index is 1.36. The van der Waals surface area contributed by atoms with E-state index in [4.69, 9.17) is 0 Å². The van der Waals surface area contributed by atoms with Crippen molar-refractivity contribution < 1.29 is 0 Å². The van der Waals surface area contributed by atoms with Crippen LogP contribution in [0, 0.1) is 47.3 Å². The Bertz CT molecular complexity index is 553. The molecule has 0 unspecified atom stereocenters. The van der Waals surface area contributed by atoms with Crippen LogP contribution in [0.4, 0.5) is 0 Å². The fraction of sp³-hybridized carbons (Fsp3) is 0.789. The summed E-state index contributed by atoms with van der Waals surface area (Å²) in [6, 6.07) is 0. The van der Waals surface area contributed by atoms with Crippen molar-refractivity contribution in [3.05, 3.63) is 47.3 Å². The van der Waals surface area contributed by atoms with Crippen molar-refractivity contribution in [1.82, 2.24) is 0 Å². The highest BCUT2D eigenvalue weighted by Gasteiger charge is 2.50. The van der Waals surface area contributed by atoms with Gasteiger partial charge in [-0.15, -0.1) is 0 Å². The molecule has 2 bridgehead atoms. The Morgan fingerprint density at radius 1 is 0.368 bits per heavy atom. The predicted octanol–water partition coefficient (Wildman–Crippen LogP) is 12.6. The SMILES string of the molecule is CCCCCCCC[C]1[C]2CCCCCCC[C]3[C](C)[C]4CCCCCCC[C]1[C]2CCCCCCC[C]34. The Labute approximate surface area is 240 Å². The Morgan fingerprint density at radius 2 is 0.711 bits per heavy atom. The summed E-state index contributed by atoms with van der Waals surface area (Å²) in [5, 5.41) is 0. The van der Waals surface area contributed by atoms with Crippen molar-refractivity contribution in [2.24, 2.45) is 0 Å². The lowest BCUT2D eigenvalue weighted by Crippen LogP contribution is -2.40. The summed E-state index contributed by atoms with van der Waals surface area (Å²) in [6.45, 7) is 4.79. The molecule has 0 N–H and O–H groups in total. The van der Waals surface area contributed by atoms with Crippen molar-refractivity contribution in [3.8, 4) is 0 Å². The van der Waals surface area contributed by atoms with Crippen LogP contribution in [0.1, 0.15) is 194 Å². The molecule has 4 saturated carbocycles. The van der Waals surface area contributed by atoms with Gasteiger partial charge in [-0.1, -0.05) is 149 Å². The summed E-state index contributed by atoms with van der Waals surface area (Å²) in [4.78, 5) is 0. The summed E-state index contributed by atoms with van der Waals surface area (Å²) in [5.74, 6) is 14.7. The van der Waals surface area contributed by atoms with E-state index in [1.165, 1.54) is 180 Å². The third-order valence-corrected chi connectivity index (χ3v) is 10.4. The third kappa shape index (κ3) is 9.00. The second-order valence-corrected chi connectivity index (χ2v) is 13.3. The molecule has 0 spiro atoms. The average molecular weight is 519 g/mol. The maximum Gasteiger partial charge on any atom is -0.00936 e. The van der Waals surface area contributed by atoms with E-state index in [0.29, 0.717) is 0 Å². The Morgan fingerprint density at radius 3 is 1.18 bits per heavy atom. The first-order chi connectivity index (χ1) is 18.8. The van der Waals surface area contributed by atoms with Gasteiger partial charge in [0.05, 0.1) is 0 Å². The molecule has 38 heavy (non-hydrogen) atoms. The summed E-state index contributed by atoms with van der Waals surface area (Å²) in [7, 11) is 0. The Balaban J connectivity index is 1.37. The van der Waals surface area contributed by atoms with Gasteiger partial charge >= 0.3 is 0 Å². The van der Waals surface area contributed by atoms with Crippen molar-refractivity contribution in [3.63, 3.8) is 0 Å². The lowest BCUT2D eigenvalue weighted by Gasteiger charge is -2.52. The third-order valence-electron chi connectivity index (χ3n) is 10.4. The van der Waals surface area contributed by atoms with Crippen LogP contribution >= 0.6 is 0 Å². The van der Waals surface area contributed by atoms with E-state index in [2.05, 4.69) is 13.8 Å². The molecule has 0 aliphatic heterocycles. The van der Waals surface area contributed by atoms with E-state index in [-0.39, 0.29) is 0 Å². The summed E-state index contributed by atoms with van der Waals surface area (Å²) >= 11 is 0. The van der Waals surface area contributed by atoms with Crippen LogP contribution in [0.2, 0.25) is 0 Å². The topological polar surface area (TPSA) is 0 Å². The normalized spacial score (nSPS) is 27.0. The van der Waals surface area contributed by atoms with Gasteiger partial charge in [0, 0.05) is 0 Å². The first-order valence-electron chi connectivity index (χ1n) is 17.7. The lowest BCUT2D eigenvalue weighted by atomic mass is 9.51. The molecule has 0 heterocycles. The largest absolute Gasteiger partial charge is 0.0654 e. The highest BCUT2D eigenvalue weighted by atomic mass is 14.5. The van der Waals surface area contributed by atoms with Crippen LogP contribution in [0.3, 0.4) is 0 Å². The molecule has 4 aliphatic rings. The van der Waals surface area contributed by atoms with Crippen molar-refractivity contribution in [1.29, 1.82) is 0 Å². The van der Waals surface area contributed by atoms with Gasteiger partial charge < -0.3 is 0 Å². The molecular formula is C38H62. The van der Waals surface area contributed by atoms with E-state index in [1.54, 1.807) is 17.8 Å². The van der Waals surface area contributed by atoms with Gasteiger partial charge in [0.15, 0.2) is 0 Å². The van der Waals surface area contributed by atoms with E-state index in [1.807, 2.05) is 29.6 Å². The van der Waals surface area contributed by atoms with Gasteiger partial charge in [-0.05, 0) is 92.3 Å². The average Bonchev–Trinajstić information content (AvgIpc) is 2.92. The molecular weight excluding hydrogens is 456 g/mol. The molecule has 0 aromatic carbocycles. The van der Waals surface area contributed by atoms with Crippen molar-refractivity contribution in [2.75, 3.05) is 0 Å². The number of unbranched alkanes of at least 4 members (excludes halogenated alkanes) is 5. The molecule has 0 amide bonds. The Hall–Kier alpha value is 0. The molecule has 4 fully saturated rings. The zero-order valence-corrected chi connectivity index (χ0v) is 25.8. The molecule has 4 aliphatic carbocycles. The molecule has 4 rings (SSSR count). The molecule has 0 atom stereocenters. The quantitative estimate of drug-likeness (QED) is 0.294. The van der Waals surface area contributed by atoms with Crippen LogP contribution in [0.15, 0.2) is 0 Å². The van der Waals surface area contributed by atoms with Gasteiger partial charge in [0.2, 0.25) is 0 Å². The second-order valence-electron chi connectivity index (χ2n) is 13.3. The van der Waals surface area contributed by atoms with E-state index < -0.39 is 0 Å². The molecule has 0 nitrogen and oxygen atoms in total. The molecule has 8 radical (unpaired) electrons. The number of hydrogen-bond donors (Lipinski definition) is 0. The number of fused-ring (bicyclic) bond motifs is 6. The highest BCUT2D eigenvalue weighted by molar-refractivity contribution is 5.62. The smallest absolute Gasteiger partial charge is 0.00936 e. The predicted molar refractivity (Wildman–Crippen MR) is 167 cm³/mol. The fourth-order valence-corrected chi connectivity index (χ4v) is 8.09. The Kier molecular flexibility index (Phi) is 14.4. The zero-order valence-electron chi connectivity index (χ0n) is 25.8. The first-order valence-corrected chi connectivity index (χ1v) is 17.7. The first kappa shape index (κ1) is 30.9. The van der Waals surface area contributed by atoms with E-state index >= 15 is 0 Å². The maximum atomic E-state index is 2.46. The molecule has 0 heteroatoms. The molecule has 0 aromatic rings. The molecule has 0 aromatic heterocycles. The second kappa shape index (κ2) is 17.7. The van der Waals surface area contributed by atoms with Gasteiger partial charge in [-0.25, -0.2) is 0 Å². The zero-order chi connectivity index (χ0) is 26.4. The van der Waals surface area contributed by atoms with Crippen LogP contribution in [-0.4, -0.2) is 0 Å². The monoisotopic (exact) mass is 518 g/mol. The van der Waals surface area contributed by atoms with E-state index in [9.17, 15) is 0 Å². The fourth-order valence-electron chi connectivity index (χ4n) is 8.09. The summed E-state index contributed by atoms with van der Waals surface area (Å²) in [5.41, 5.74) is 0. The van der Waals surface area contributed by atoms with Crippen LogP contribution in [0.5, 0.6) is 0 Å². The van der Waals surface area contributed by atoms with Crippen LogP contribution in [0.25, 0.3) is 0 Å². The van der Waals surface area contributed by atoms with Gasteiger partial charge in [-0.2, -0.15) is 0 Å². The van der Waals surface area contributed by atoms with Gasteiger partial charge in [0.25, 0.3) is 0 Å². The minimum atomic E-state index is 1.36. The molecule has 214 valence electrons. The summed E-state index contributed by atoms with van der Waals surface area (Å²) < 4.78 is 0. The van der Waals surface area contributed by atoms with Gasteiger partial charge in [-0.3, -0.25) is 0 Å². The lowest BCUT2D eigenvalue weighted by molar-refractivity contribution is 0.442.